The normalized spacial score (nSPS) is 20.2. The zero-order valence-electron chi connectivity index (χ0n) is 10.7. The predicted molar refractivity (Wildman–Crippen MR) is 75.2 cm³/mol. The average Bonchev–Trinajstić information content (AvgIpc) is 2.69. The van der Waals surface area contributed by atoms with Gasteiger partial charge in [-0.1, -0.05) is 33.6 Å². The second kappa shape index (κ2) is 5.40. The molecule has 1 aromatic rings. The second-order valence-electron chi connectivity index (χ2n) is 5.00. The minimum atomic E-state index is 0.304. The number of benzene rings is 1. The molecule has 1 aliphatic rings. The van der Waals surface area contributed by atoms with E-state index in [1.165, 1.54) is 11.1 Å². The van der Waals surface area contributed by atoms with Crippen LogP contribution in [0.3, 0.4) is 0 Å². The summed E-state index contributed by atoms with van der Waals surface area (Å²) in [4.78, 5) is 2.35. The van der Waals surface area contributed by atoms with Gasteiger partial charge >= 0.3 is 0 Å². The van der Waals surface area contributed by atoms with E-state index in [9.17, 15) is 0 Å². The maximum Gasteiger partial charge on any atom is 0.123 e. The van der Waals surface area contributed by atoms with Gasteiger partial charge in [-0.3, -0.25) is 4.90 Å². The lowest BCUT2D eigenvalue weighted by atomic mass is 10.1. The van der Waals surface area contributed by atoms with Crippen molar-refractivity contribution in [2.45, 2.75) is 32.4 Å². The minimum Gasteiger partial charge on any atom is -0.488 e. The van der Waals surface area contributed by atoms with Gasteiger partial charge in [0.05, 0.1) is 0 Å². The van der Waals surface area contributed by atoms with Crippen LogP contribution in [0.4, 0.5) is 0 Å². The molecule has 0 saturated carbocycles. The van der Waals surface area contributed by atoms with Gasteiger partial charge in [0, 0.05) is 24.3 Å². The van der Waals surface area contributed by atoms with E-state index in [0.29, 0.717) is 12.1 Å². The fraction of sp³-hybridized carbons (Fsp3) is 0.571. The monoisotopic (exact) mass is 297 g/mol. The number of halogens is 1. The first-order valence-electron chi connectivity index (χ1n) is 6.12. The SMILES string of the molecule is Cc1ccc2c(c1)CC(CN(C)C(C)CBr)O2. The Balaban J connectivity index is 1.96. The summed E-state index contributed by atoms with van der Waals surface area (Å²) < 4.78 is 5.97. The summed E-state index contributed by atoms with van der Waals surface area (Å²) in [6.45, 7) is 5.34. The largest absolute Gasteiger partial charge is 0.488 e. The molecular formula is C14H20BrNO. The third-order valence-corrected chi connectivity index (χ3v) is 4.36. The molecule has 0 spiro atoms. The quantitative estimate of drug-likeness (QED) is 0.792. The fourth-order valence-electron chi connectivity index (χ4n) is 2.17. The van der Waals surface area contributed by atoms with Gasteiger partial charge in [-0.05, 0) is 32.5 Å². The second-order valence-corrected chi connectivity index (χ2v) is 5.65. The Morgan fingerprint density at radius 3 is 3.00 bits per heavy atom. The Hall–Kier alpha value is -0.540. The van der Waals surface area contributed by atoms with Crippen molar-refractivity contribution < 1.29 is 4.74 Å². The first kappa shape index (κ1) is 12.9. The lowest BCUT2D eigenvalue weighted by Crippen LogP contribution is -2.38. The highest BCUT2D eigenvalue weighted by Gasteiger charge is 2.24. The molecule has 0 saturated heterocycles. The molecule has 0 N–H and O–H groups in total. The molecule has 3 heteroatoms. The van der Waals surface area contributed by atoms with Crippen LogP contribution in [0.5, 0.6) is 5.75 Å². The van der Waals surface area contributed by atoms with E-state index in [4.69, 9.17) is 4.74 Å². The van der Waals surface area contributed by atoms with Crippen molar-refractivity contribution >= 4 is 15.9 Å². The summed E-state index contributed by atoms with van der Waals surface area (Å²) in [7, 11) is 2.16. The molecule has 1 aromatic carbocycles. The molecule has 0 aromatic heterocycles. The van der Waals surface area contributed by atoms with Crippen LogP contribution >= 0.6 is 15.9 Å². The minimum absolute atomic E-state index is 0.304. The Labute approximate surface area is 112 Å². The van der Waals surface area contributed by atoms with Crippen molar-refractivity contribution in [3.05, 3.63) is 29.3 Å². The summed E-state index contributed by atoms with van der Waals surface area (Å²) in [6, 6.07) is 7.00. The summed E-state index contributed by atoms with van der Waals surface area (Å²) in [5, 5.41) is 1.00. The highest BCUT2D eigenvalue weighted by Crippen LogP contribution is 2.29. The molecule has 2 rings (SSSR count). The molecule has 0 fully saturated rings. The maximum absolute atomic E-state index is 5.97. The van der Waals surface area contributed by atoms with Crippen LogP contribution in [0, 0.1) is 6.92 Å². The van der Waals surface area contributed by atoms with Gasteiger partial charge in [0.15, 0.2) is 0 Å². The molecule has 1 aliphatic heterocycles. The Morgan fingerprint density at radius 2 is 2.29 bits per heavy atom. The molecule has 0 radical (unpaired) electrons. The number of hydrogen-bond donors (Lipinski definition) is 0. The third-order valence-electron chi connectivity index (χ3n) is 3.42. The lowest BCUT2D eigenvalue weighted by Gasteiger charge is -2.25. The summed E-state index contributed by atoms with van der Waals surface area (Å²) in [5.74, 6) is 1.07. The van der Waals surface area contributed by atoms with Crippen LogP contribution in [0.15, 0.2) is 18.2 Å². The van der Waals surface area contributed by atoms with E-state index >= 15 is 0 Å². The van der Waals surface area contributed by atoms with Gasteiger partial charge in [-0.25, -0.2) is 0 Å². The van der Waals surface area contributed by atoms with E-state index in [-0.39, 0.29) is 0 Å². The van der Waals surface area contributed by atoms with Gasteiger partial charge in [0.1, 0.15) is 11.9 Å². The molecule has 2 atom stereocenters. The standard InChI is InChI=1S/C14H20BrNO/c1-10-4-5-14-12(6-10)7-13(17-14)9-16(3)11(2)8-15/h4-6,11,13H,7-9H2,1-3H3. The zero-order chi connectivity index (χ0) is 12.4. The van der Waals surface area contributed by atoms with Gasteiger partial charge < -0.3 is 4.74 Å². The van der Waals surface area contributed by atoms with Crippen molar-refractivity contribution in [1.82, 2.24) is 4.90 Å². The van der Waals surface area contributed by atoms with Crippen LogP contribution in [-0.4, -0.2) is 36.0 Å². The molecular weight excluding hydrogens is 278 g/mol. The van der Waals surface area contributed by atoms with Crippen LogP contribution in [-0.2, 0) is 6.42 Å². The number of alkyl halides is 1. The Bertz CT molecular complexity index is 394. The van der Waals surface area contributed by atoms with Crippen LogP contribution in [0.1, 0.15) is 18.1 Å². The zero-order valence-corrected chi connectivity index (χ0v) is 12.3. The molecule has 17 heavy (non-hydrogen) atoms. The fourth-order valence-corrected chi connectivity index (χ4v) is 2.66. The number of aryl methyl sites for hydroxylation is 1. The van der Waals surface area contributed by atoms with Crippen LogP contribution in [0.25, 0.3) is 0 Å². The van der Waals surface area contributed by atoms with E-state index in [1.807, 2.05) is 0 Å². The van der Waals surface area contributed by atoms with Gasteiger partial charge in [0.2, 0.25) is 0 Å². The Morgan fingerprint density at radius 1 is 1.53 bits per heavy atom. The van der Waals surface area contributed by atoms with Crippen molar-refractivity contribution in [3.63, 3.8) is 0 Å². The molecule has 0 aliphatic carbocycles. The highest BCUT2D eigenvalue weighted by molar-refractivity contribution is 9.09. The molecule has 0 bridgehead atoms. The van der Waals surface area contributed by atoms with Gasteiger partial charge in [-0.2, -0.15) is 0 Å². The number of likely N-dealkylation sites (N-methyl/N-ethyl adjacent to an activating group) is 1. The topological polar surface area (TPSA) is 12.5 Å². The lowest BCUT2D eigenvalue weighted by molar-refractivity contribution is 0.151. The predicted octanol–water partition coefficient (Wildman–Crippen LogP) is 3.01. The van der Waals surface area contributed by atoms with Crippen molar-refractivity contribution in [3.8, 4) is 5.75 Å². The number of ether oxygens (including phenoxy) is 1. The van der Waals surface area contributed by atoms with E-state index < -0.39 is 0 Å². The van der Waals surface area contributed by atoms with Gasteiger partial charge in [0.25, 0.3) is 0 Å². The average molecular weight is 298 g/mol. The van der Waals surface area contributed by atoms with Crippen molar-refractivity contribution in [2.24, 2.45) is 0 Å². The molecule has 2 unspecified atom stereocenters. The Kier molecular flexibility index (Phi) is 4.10. The van der Waals surface area contributed by atoms with E-state index in [1.54, 1.807) is 0 Å². The first-order valence-corrected chi connectivity index (χ1v) is 7.24. The van der Waals surface area contributed by atoms with E-state index in [0.717, 1.165) is 24.0 Å². The molecule has 0 amide bonds. The summed E-state index contributed by atoms with van der Waals surface area (Å²) in [5.41, 5.74) is 2.67. The first-order chi connectivity index (χ1) is 8.10. The summed E-state index contributed by atoms with van der Waals surface area (Å²) in [6.07, 6.45) is 1.34. The number of hydrogen-bond acceptors (Lipinski definition) is 2. The maximum atomic E-state index is 5.97. The third kappa shape index (κ3) is 3.02. The number of fused-ring (bicyclic) bond motifs is 1. The van der Waals surface area contributed by atoms with Crippen molar-refractivity contribution in [1.29, 1.82) is 0 Å². The highest BCUT2D eigenvalue weighted by atomic mass is 79.9. The van der Waals surface area contributed by atoms with E-state index in [2.05, 4.69) is 59.9 Å². The van der Waals surface area contributed by atoms with Crippen LogP contribution in [0.2, 0.25) is 0 Å². The van der Waals surface area contributed by atoms with Crippen molar-refractivity contribution in [2.75, 3.05) is 18.9 Å². The molecule has 2 nitrogen and oxygen atoms in total. The van der Waals surface area contributed by atoms with Gasteiger partial charge in [-0.15, -0.1) is 0 Å². The molecule has 1 heterocycles. The van der Waals surface area contributed by atoms with Crippen LogP contribution < -0.4 is 4.74 Å². The summed E-state index contributed by atoms with van der Waals surface area (Å²) >= 11 is 3.52. The smallest absolute Gasteiger partial charge is 0.123 e. The molecule has 94 valence electrons. The number of nitrogens with zero attached hydrogens (tertiary/aromatic N) is 1. The number of rotatable bonds is 4.